The first-order chi connectivity index (χ1) is 22.8. The van der Waals surface area contributed by atoms with Crippen LogP contribution < -0.4 is 0 Å². The van der Waals surface area contributed by atoms with E-state index in [1.807, 2.05) is 23.4 Å². The zero-order valence-corrected chi connectivity index (χ0v) is 26.1. The van der Waals surface area contributed by atoms with Crippen LogP contribution in [0.1, 0.15) is 0 Å². The molecular weight excluding hydrogens is 601 g/mol. The molecular formula is C40H24N4S2. The molecule has 0 N–H and O–H groups in total. The van der Waals surface area contributed by atoms with E-state index in [1.54, 1.807) is 22.7 Å². The summed E-state index contributed by atoms with van der Waals surface area (Å²) < 4.78 is 0. The maximum atomic E-state index is 5.03. The van der Waals surface area contributed by atoms with Crippen LogP contribution in [-0.2, 0) is 0 Å². The first-order valence-electron chi connectivity index (χ1n) is 15.0. The van der Waals surface area contributed by atoms with E-state index in [-0.39, 0.29) is 0 Å². The van der Waals surface area contributed by atoms with Gasteiger partial charge in [0.1, 0.15) is 0 Å². The molecule has 46 heavy (non-hydrogen) atoms. The highest BCUT2D eigenvalue weighted by atomic mass is 32.1. The minimum atomic E-state index is 0.925. The summed E-state index contributed by atoms with van der Waals surface area (Å²) in [6.07, 6.45) is 3.87. The van der Waals surface area contributed by atoms with Crippen molar-refractivity contribution in [3.63, 3.8) is 0 Å². The van der Waals surface area contributed by atoms with Gasteiger partial charge in [0.2, 0.25) is 0 Å². The van der Waals surface area contributed by atoms with Crippen LogP contribution in [0.25, 0.3) is 88.5 Å². The van der Waals surface area contributed by atoms with E-state index in [2.05, 4.69) is 130 Å². The Labute approximate surface area is 273 Å². The highest BCUT2D eigenvalue weighted by Gasteiger charge is 2.19. The zero-order chi connectivity index (χ0) is 30.5. The van der Waals surface area contributed by atoms with Gasteiger partial charge in [-0.3, -0.25) is 9.97 Å². The molecule has 4 aromatic heterocycles. The summed E-state index contributed by atoms with van der Waals surface area (Å²) in [6.45, 7) is 0. The molecule has 9 aromatic rings. The number of hydrogen-bond acceptors (Lipinski definition) is 6. The topological polar surface area (TPSA) is 51.6 Å². The molecule has 0 aliphatic heterocycles. The minimum Gasteiger partial charge on any atom is -0.256 e. The van der Waals surface area contributed by atoms with Gasteiger partial charge in [-0.1, -0.05) is 72.8 Å². The van der Waals surface area contributed by atoms with Gasteiger partial charge in [-0.2, -0.15) is 0 Å². The van der Waals surface area contributed by atoms with Gasteiger partial charge in [-0.25, -0.2) is 9.97 Å². The molecule has 0 amide bonds. The Hall–Kier alpha value is -5.56. The lowest BCUT2D eigenvalue weighted by Gasteiger charge is -2.18. The fourth-order valence-electron chi connectivity index (χ4n) is 6.38. The minimum absolute atomic E-state index is 0.925. The number of pyridine rings is 2. The summed E-state index contributed by atoms with van der Waals surface area (Å²) in [5.74, 6) is 0. The molecule has 0 radical (unpaired) electrons. The molecule has 0 saturated heterocycles. The van der Waals surface area contributed by atoms with Crippen LogP contribution in [0.3, 0.4) is 0 Å². The molecule has 9 rings (SSSR count). The van der Waals surface area contributed by atoms with Gasteiger partial charge < -0.3 is 0 Å². The summed E-state index contributed by atoms with van der Waals surface area (Å²) in [4.78, 5) is 19.0. The standard InChI is InChI=1S/C40H24N4S2/c1-2-6-26-17-27(10-9-25(26)5-1)28-11-14-33-34(18-28)40(36-16-13-30(20-42-36)38-22-46-24-44-38)32-8-4-3-7-31(32)39(33)35-15-12-29(19-41-35)37-21-45-23-43-37/h1-24H. The Morgan fingerprint density at radius 1 is 0.370 bits per heavy atom. The van der Waals surface area contributed by atoms with Crippen LogP contribution in [-0.4, -0.2) is 19.9 Å². The van der Waals surface area contributed by atoms with Crippen LogP contribution in [0.5, 0.6) is 0 Å². The molecule has 0 fully saturated rings. The van der Waals surface area contributed by atoms with E-state index in [0.717, 1.165) is 72.1 Å². The van der Waals surface area contributed by atoms with Crippen molar-refractivity contribution < 1.29 is 0 Å². The van der Waals surface area contributed by atoms with Gasteiger partial charge in [0.05, 0.1) is 33.8 Å². The summed E-state index contributed by atoms with van der Waals surface area (Å²) in [7, 11) is 0. The molecule has 6 heteroatoms. The lowest BCUT2D eigenvalue weighted by atomic mass is 9.87. The van der Waals surface area contributed by atoms with Crippen LogP contribution >= 0.6 is 22.7 Å². The number of nitrogens with zero attached hydrogens (tertiary/aromatic N) is 4. The first kappa shape index (κ1) is 26.8. The molecule has 0 spiro atoms. The van der Waals surface area contributed by atoms with Crippen LogP contribution in [0.4, 0.5) is 0 Å². The Balaban J connectivity index is 1.31. The molecule has 216 valence electrons. The molecule has 4 nitrogen and oxygen atoms in total. The van der Waals surface area contributed by atoms with Crippen LogP contribution in [0.15, 0.2) is 143 Å². The fraction of sp³-hybridized carbons (Fsp3) is 0. The monoisotopic (exact) mass is 624 g/mol. The van der Waals surface area contributed by atoms with Gasteiger partial charge in [0.25, 0.3) is 0 Å². The number of fused-ring (bicyclic) bond motifs is 3. The van der Waals surface area contributed by atoms with Crippen molar-refractivity contribution >= 4 is 55.0 Å². The van der Waals surface area contributed by atoms with Crippen LogP contribution in [0.2, 0.25) is 0 Å². The number of hydrogen-bond donors (Lipinski definition) is 0. The molecule has 0 atom stereocenters. The Morgan fingerprint density at radius 3 is 1.48 bits per heavy atom. The molecule has 4 heterocycles. The number of thiazole rings is 2. The predicted molar refractivity (Wildman–Crippen MR) is 193 cm³/mol. The third-order valence-electron chi connectivity index (χ3n) is 8.60. The van der Waals surface area contributed by atoms with Crippen molar-refractivity contribution in [2.24, 2.45) is 0 Å². The SMILES string of the molecule is c1ccc2cc(-c3ccc4c(-c5ccc(-c6cscn6)cn5)c5ccccc5c(-c5ccc(-c6cscn6)cn5)c4c3)ccc2c1. The normalized spacial score (nSPS) is 11.5. The number of rotatable bonds is 5. The molecule has 0 aliphatic carbocycles. The quantitative estimate of drug-likeness (QED) is 0.179. The summed E-state index contributed by atoms with van der Waals surface area (Å²) in [6, 6.07) is 39.1. The Morgan fingerprint density at radius 2 is 0.891 bits per heavy atom. The van der Waals surface area contributed by atoms with Crippen molar-refractivity contribution in [3.05, 3.63) is 143 Å². The average Bonchev–Trinajstić information content (AvgIpc) is 3.87. The lowest BCUT2D eigenvalue weighted by Crippen LogP contribution is -1.95. The third kappa shape index (κ3) is 4.58. The van der Waals surface area contributed by atoms with Gasteiger partial charge in [-0.15, -0.1) is 22.7 Å². The van der Waals surface area contributed by atoms with E-state index in [0.29, 0.717) is 0 Å². The molecule has 0 aliphatic rings. The maximum Gasteiger partial charge on any atom is 0.0826 e. The van der Waals surface area contributed by atoms with Gasteiger partial charge >= 0.3 is 0 Å². The van der Waals surface area contributed by atoms with E-state index >= 15 is 0 Å². The van der Waals surface area contributed by atoms with E-state index in [9.17, 15) is 0 Å². The molecule has 5 aromatic carbocycles. The maximum absolute atomic E-state index is 5.03. The second kappa shape index (κ2) is 11.1. The van der Waals surface area contributed by atoms with E-state index in [1.165, 1.54) is 16.3 Å². The van der Waals surface area contributed by atoms with E-state index < -0.39 is 0 Å². The highest BCUT2D eigenvalue weighted by molar-refractivity contribution is 7.08. The van der Waals surface area contributed by atoms with Crippen molar-refractivity contribution in [2.75, 3.05) is 0 Å². The Bertz CT molecular complexity index is 2500. The van der Waals surface area contributed by atoms with Crippen molar-refractivity contribution in [3.8, 4) is 56.2 Å². The van der Waals surface area contributed by atoms with Gasteiger partial charge in [0, 0.05) is 45.4 Å². The smallest absolute Gasteiger partial charge is 0.0826 e. The molecule has 0 unspecified atom stereocenters. The van der Waals surface area contributed by atoms with Gasteiger partial charge in [0.15, 0.2) is 0 Å². The predicted octanol–water partition coefficient (Wildman–Crippen LogP) is 11.2. The fourth-order valence-corrected chi connectivity index (χ4v) is 7.50. The van der Waals surface area contributed by atoms with Crippen molar-refractivity contribution in [1.29, 1.82) is 0 Å². The lowest BCUT2D eigenvalue weighted by molar-refractivity contribution is 1.31. The summed E-state index contributed by atoms with van der Waals surface area (Å²) in [5.41, 5.74) is 14.0. The average molecular weight is 625 g/mol. The number of aromatic nitrogens is 4. The second-order valence-corrected chi connectivity index (χ2v) is 12.7. The summed E-state index contributed by atoms with van der Waals surface area (Å²) >= 11 is 3.18. The zero-order valence-electron chi connectivity index (χ0n) is 24.5. The van der Waals surface area contributed by atoms with Gasteiger partial charge in [-0.05, 0) is 79.8 Å². The largest absolute Gasteiger partial charge is 0.256 e. The number of benzene rings is 5. The highest BCUT2D eigenvalue weighted by Crippen LogP contribution is 2.44. The van der Waals surface area contributed by atoms with Crippen molar-refractivity contribution in [2.45, 2.75) is 0 Å². The summed E-state index contributed by atoms with van der Waals surface area (Å²) in [5, 5.41) is 11.1. The molecule has 0 bridgehead atoms. The van der Waals surface area contributed by atoms with E-state index in [4.69, 9.17) is 9.97 Å². The first-order valence-corrected chi connectivity index (χ1v) is 16.9. The Kier molecular flexibility index (Phi) is 6.47. The molecule has 0 saturated carbocycles. The third-order valence-corrected chi connectivity index (χ3v) is 9.78. The van der Waals surface area contributed by atoms with Crippen LogP contribution in [0, 0.1) is 0 Å². The second-order valence-electron chi connectivity index (χ2n) is 11.2. The van der Waals surface area contributed by atoms with Crippen molar-refractivity contribution in [1.82, 2.24) is 19.9 Å².